The third-order valence-electron chi connectivity index (χ3n) is 3.00. The van der Waals surface area contributed by atoms with E-state index in [1.165, 1.54) is 6.20 Å². The van der Waals surface area contributed by atoms with Gasteiger partial charge in [-0.15, -0.1) is 0 Å². The maximum atomic E-state index is 11.2. The quantitative estimate of drug-likeness (QED) is 0.779. The summed E-state index contributed by atoms with van der Waals surface area (Å²) in [5, 5.41) is 11.0. The number of aromatic carboxylic acids is 1. The summed E-state index contributed by atoms with van der Waals surface area (Å²) in [5.74, 6) is -0.130. The van der Waals surface area contributed by atoms with Gasteiger partial charge in [0.2, 0.25) is 5.88 Å². The fourth-order valence-corrected chi connectivity index (χ4v) is 2.24. The van der Waals surface area contributed by atoms with Crippen LogP contribution < -0.4 is 4.74 Å². The van der Waals surface area contributed by atoms with Gasteiger partial charge in [0.05, 0.1) is 5.56 Å². The number of ether oxygens (including phenoxy) is 1. The van der Waals surface area contributed by atoms with E-state index in [-0.39, 0.29) is 5.56 Å². The Labute approximate surface area is 125 Å². The van der Waals surface area contributed by atoms with E-state index in [2.05, 4.69) is 4.98 Å². The summed E-state index contributed by atoms with van der Waals surface area (Å²) in [7, 11) is 0. The zero-order valence-electron chi connectivity index (χ0n) is 10.8. The number of pyridine rings is 1. The van der Waals surface area contributed by atoms with Crippen molar-refractivity contribution in [3.05, 3.63) is 65.3 Å². The van der Waals surface area contributed by atoms with Crippen molar-refractivity contribution in [1.29, 1.82) is 0 Å². The lowest BCUT2D eigenvalue weighted by Crippen LogP contribution is -2.00. The smallest absolute Gasteiger partial charge is 0.337 e. The first-order chi connectivity index (χ1) is 10.1. The summed E-state index contributed by atoms with van der Waals surface area (Å²) in [6.07, 6.45) is 1.30. The molecule has 0 aliphatic heterocycles. The van der Waals surface area contributed by atoms with Crippen molar-refractivity contribution >= 4 is 28.3 Å². The van der Waals surface area contributed by atoms with Crippen LogP contribution in [0.15, 0.2) is 54.7 Å². The topological polar surface area (TPSA) is 59.4 Å². The van der Waals surface area contributed by atoms with E-state index < -0.39 is 5.97 Å². The molecule has 2 aromatic carbocycles. The van der Waals surface area contributed by atoms with E-state index in [1.54, 1.807) is 48.5 Å². The highest BCUT2D eigenvalue weighted by Crippen LogP contribution is 2.30. The van der Waals surface area contributed by atoms with Crippen molar-refractivity contribution in [2.45, 2.75) is 0 Å². The molecule has 5 heteroatoms. The zero-order chi connectivity index (χ0) is 14.8. The number of hydrogen-bond acceptors (Lipinski definition) is 3. The van der Waals surface area contributed by atoms with E-state index in [0.29, 0.717) is 27.4 Å². The Morgan fingerprint density at radius 3 is 2.57 bits per heavy atom. The first kappa shape index (κ1) is 13.4. The fourth-order valence-electron chi connectivity index (χ4n) is 2.06. The van der Waals surface area contributed by atoms with Crippen LogP contribution in [0.1, 0.15) is 10.4 Å². The molecule has 0 fully saturated rings. The minimum Gasteiger partial charge on any atom is -0.478 e. The van der Waals surface area contributed by atoms with Gasteiger partial charge in [-0.25, -0.2) is 9.78 Å². The molecule has 0 spiro atoms. The lowest BCUT2D eigenvalue weighted by atomic mass is 10.1. The summed E-state index contributed by atoms with van der Waals surface area (Å²) in [6, 6.07) is 14.0. The highest BCUT2D eigenvalue weighted by Gasteiger charge is 2.13. The van der Waals surface area contributed by atoms with Gasteiger partial charge in [0.1, 0.15) is 5.75 Å². The van der Waals surface area contributed by atoms with Gasteiger partial charge in [-0.1, -0.05) is 35.9 Å². The number of nitrogens with zero attached hydrogens (tertiary/aromatic N) is 1. The maximum absolute atomic E-state index is 11.2. The van der Waals surface area contributed by atoms with Gasteiger partial charge in [0.25, 0.3) is 0 Å². The molecule has 104 valence electrons. The molecule has 0 atom stereocenters. The fraction of sp³-hybridized carbons (Fsp3) is 0. The van der Waals surface area contributed by atoms with E-state index in [4.69, 9.17) is 16.3 Å². The van der Waals surface area contributed by atoms with Crippen LogP contribution in [0.2, 0.25) is 5.02 Å². The summed E-state index contributed by atoms with van der Waals surface area (Å²) < 4.78 is 5.72. The lowest BCUT2D eigenvalue weighted by Gasteiger charge is -2.09. The largest absolute Gasteiger partial charge is 0.478 e. The number of carboxylic acids is 1. The Kier molecular flexibility index (Phi) is 3.46. The predicted octanol–water partition coefficient (Wildman–Crippen LogP) is 4.38. The van der Waals surface area contributed by atoms with Gasteiger partial charge in [-0.3, -0.25) is 0 Å². The van der Waals surface area contributed by atoms with Crippen LogP contribution in [0, 0.1) is 0 Å². The van der Waals surface area contributed by atoms with Gasteiger partial charge in [-0.2, -0.15) is 0 Å². The Hall–Kier alpha value is -2.59. The van der Waals surface area contributed by atoms with Gasteiger partial charge in [0.15, 0.2) is 0 Å². The molecule has 0 aliphatic rings. The number of rotatable bonds is 3. The normalized spacial score (nSPS) is 10.5. The standard InChI is InChI=1S/C16H10ClNO3/c17-10-4-3-5-11(8-10)21-15-13-7-2-1-6-12(13)14(9-18-15)16(19)20/h1-9H,(H,19,20). The molecule has 0 amide bonds. The van der Waals surface area contributed by atoms with Crippen LogP contribution in [-0.4, -0.2) is 16.1 Å². The number of hydrogen-bond donors (Lipinski definition) is 1. The molecule has 1 heterocycles. The minimum absolute atomic E-state index is 0.143. The highest BCUT2D eigenvalue weighted by molar-refractivity contribution is 6.30. The second-order valence-electron chi connectivity index (χ2n) is 4.39. The van der Waals surface area contributed by atoms with Gasteiger partial charge >= 0.3 is 5.97 Å². The van der Waals surface area contributed by atoms with Crippen LogP contribution in [0.3, 0.4) is 0 Å². The highest BCUT2D eigenvalue weighted by atomic mass is 35.5. The second-order valence-corrected chi connectivity index (χ2v) is 4.82. The summed E-state index contributed by atoms with van der Waals surface area (Å²) in [5.41, 5.74) is 0.143. The molecular weight excluding hydrogens is 290 g/mol. The summed E-state index contributed by atoms with van der Waals surface area (Å²) in [4.78, 5) is 15.3. The SMILES string of the molecule is O=C(O)c1cnc(Oc2cccc(Cl)c2)c2ccccc12. The van der Waals surface area contributed by atoms with E-state index in [0.717, 1.165) is 0 Å². The van der Waals surface area contributed by atoms with E-state index in [1.807, 2.05) is 0 Å². The predicted molar refractivity (Wildman–Crippen MR) is 80.2 cm³/mol. The molecule has 1 aromatic heterocycles. The average Bonchev–Trinajstić information content (AvgIpc) is 2.47. The molecule has 21 heavy (non-hydrogen) atoms. The molecule has 0 bridgehead atoms. The Balaban J connectivity index is 2.12. The number of carbonyl (C=O) groups is 1. The molecular formula is C16H10ClNO3. The van der Waals surface area contributed by atoms with Crippen molar-refractivity contribution in [2.75, 3.05) is 0 Å². The molecule has 3 aromatic rings. The van der Waals surface area contributed by atoms with Crippen LogP contribution in [0.5, 0.6) is 11.6 Å². The van der Waals surface area contributed by atoms with Crippen LogP contribution in [0.4, 0.5) is 0 Å². The number of halogens is 1. The number of fused-ring (bicyclic) bond motifs is 1. The molecule has 3 rings (SSSR count). The number of aromatic nitrogens is 1. The Morgan fingerprint density at radius 1 is 1.10 bits per heavy atom. The van der Waals surface area contributed by atoms with Crippen LogP contribution in [0.25, 0.3) is 10.8 Å². The van der Waals surface area contributed by atoms with E-state index in [9.17, 15) is 9.90 Å². The zero-order valence-corrected chi connectivity index (χ0v) is 11.5. The summed E-state index contributed by atoms with van der Waals surface area (Å²) >= 11 is 5.92. The third kappa shape index (κ3) is 2.66. The molecule has 0 aliphatic carbocycles. The van der Waals surface area contributed by atoms with Crippen LogP contribution >= 0.6 is 11.6 Å². The van der Waals surface area contributed by atoms with E-state index >= 15 is 0 Å². The molecule has 0 radical (unpaired) electrons. The number of benzene rings is 2. The molecule has 0 saturated carbocycles. The van der Waals surface area contributed by atoms with Crippen molar-refractivity contribution in [1.82, 2.24) is 4.98 Å². The first-order valence-electron chi connectivity index (χ1n) is 6.19. The Morgan fingerprint density at radius 2 is 1.86 bits per heavy atom. The average molecular weight is 300 g/mol. The molecule has 0 unspecified atom stereocenters. The molecule has 0 saturated heterocycles. The van der Waals surface area contributed by atoms with Crippen molar-refractivity contribution in [3.8, 4) is 11.6 Å². The van der Waals surface area contributed by atoms with Gasteiger partial charge < -0.3 is 9.84 Å². The van der Waals surface area contributed by atoms with Crippen molar-refractivity contribution < 1.29 is 14.6 Å². The monoisotopic (exact) mass is 299 g/mol. The maximum Gasteiger partial charge on any atom is 0.337 e. The lowest BCUT2D eigenvalue weighted by molar-refractivity contribution is 0.0698. The third-order valence-corrected chi connectivity index (χ3v) is 3.23. The van der Waals surface area contributed by atoms with Gasteiger partial charge in [0, 0.05) is 22.0 Å². The van der Waals surface area contributed by atoms with Crippen LogP contribution in [-0.2, 0) is 0 Å². The Bertz CT molecular complexity index is 833. The summed E-state index contributed by atoms with van der Waals surface area (Å²) in [6.45, 7) is 0. The van der Waals surface area contributed by atoms with Crippen molar-refractivity contribution in [3.63, 3.8) is 0 Å². The first-order valence-corrected chi connectivity index (χ1v) is 6.57. The second kappa shape index (κ2) is 5.42. The van der Waals surface area contributed by atoms with Crippen molar-refractivity contribution in [2.24, 2.45) is 0 Å². The minimum atomic E-state index is -1.02. The molecule has 4 nitrogen and oxygen atoms in total. The van der Waals surface area contributed by atoms with Gasteiger partial charge in [-0.05, 0) is 24.3 Å². The molecule has 1 N–H and O–H groups in total. The number of carboxylic acid groups (broad SMARTS) is 1.